The molecule has 0 aromatic heterocycles. The maximum atomic E-state index is 11.5. The van der Waals surface area contributed by atoms with Gasteiger partial charge in [0.1, 0.15) is 23.8 Å². The third-order valence-corrected chi connectivity index (χ3v) is 7.57. The van der Waals surface area contributed by atoms with Crippen LogP contribution in [-0.4, -0.2) is 39.9 Å². The monoisotopic (exact) mass is 382 g/mol. The van der Waals surface area contributed by atoms with Crippen LogP contribution in [0.3, 0.4) is 0 Å². The van der Waals surface area contributed by atoms with Crippen LogP contribution in [0.4, 0.5) is 0 Å². The van der Waals surface area contributed by atoms with Crippen LogP contribution in [-0.2, 0) is 19.2 Å². The van der Waals surface area contributed by atoms with Crippen molar-refractivity contribution in [3.05, 3.63) is 45.8 Å². The molecule has 4 nitrogen and oxygen atoms in total. The van der Waals surface area contributed by atoms with Gasteiger partial charge in [-0.15, -0.1) is 0 Å². The molecule has 0 spiro atoms. The maximum Gasteiger partial charge on any atom is 0.133 e. The second-order valence-electron chi connectivity index (χ2n) is 7.99. The van der Waals surface area contributed by atoms with Gasteiger partial charge in [0, 0.05) is 10.4 Å². The number of hydrogen-bond acceptors (Lipinski definition) is 4. The molecule has 0 fully saturated rings. The highest BCUT2D eigenvalue weighted by Crippen LogP contribution is 2.30. The van der Waals surface area contributed by atoms with Gasteiger partial charge in [-0.25, -0.2) is 19.2 Å². The van der Waals surface area contributed by atoms with Crippen molar-refractivity contribution < 1.29 is 19.2 Å². The van der Waals surface area contributed by atoms with Gasteiger partial charge in [0.25, 0.3) is 0 Å². The van der Waals surface area contributed by atoms with E-state index in [2.05, 4.69) is 0 Å². The molecule has 1 aromatic rings. The van der Waals surface area contributed by atoms with Crippen molar-refractivity contribution in [1.29, 1.82) is 0 Å². The Morgan fingerprint density at radius 2 is 0.846 bits per heavy atom. The highest BCUT2D eigenvalue weighted by atomic mass is 28.3. The molecule has 0 saturated carbocycles. The minimum Gasteiger partial charge on any atom is -0.234 e. The average Bonchev–Trinajstić information content (AvgIpc) is 2.55. The predicted octanol–water partition coefficient (Wildman–Crippen LogP) is 3.39. The van der Waals surface area contributed by atoms with Gasteiger partial charge in [0.15, 0.2) is 0 Å². The van der Waals surface area contributed by atoms with Gasteiger partial charge in [-0.3, -0.25) is 0 Å². The Labute approximate surface area is 155 Å². The molecule has 0 N–H and O–H groups in total. The Balaban J connectivity index is 3.44. The third-order valence-electron chi connectivity index (χ3n) is 3.87. The molecule has 134 valence electrons. The third kappa shape index (κ3) is 4.75. The van der Waals surface area contributed by atoms with E-state index in [0.29, 0.717) is 21.5 Å². The van der Waals surface area contributed by atoms with E-state index in [4.69, 9.17) is 0 Å². The van der Waals surface area contributed by atoms with E-state index in [9.17, 15) is 19.2 Å². The van der Waals surface area contributed by atoms with E-state index in [1.165, 1.54) is 0 Å². The fourth-order valence-corrected chi connectivity index (χ4v) is 4.97. The van der Waals surface area contributed by atoms with Gasteiger partial charge >= 0.3 is 0 Å². The number of hydrogen-bond donors (Lipinski definition) is 0. The van der Waals surface area contributed by atoms with Gasteiger partial charge in [-0.1, -0.05) is 63.5 Å². The van der Waals surface area contributed by atoms with Crippen molar-refractivity contribution >= 4 is 51.1 Å². The maximum absolute atomic E-state index is 11.5. The molecule has 0 unspecified atom stereocenters. The summed E-state index contributed by atoms with van der Waals surface area (Å²) in [6.45, 7) is 11.7. The summed E-state index contributed by atoms with van der Waals surface area (Å²) < 4.78 is 0. The van der Waals surface area contributed by atoms with Crippen LogP contribution in [0.1, 0.15) is 11.1 Å². The Kier molecular flexibility index (Phi) is 6.80. The highest BCUT2D eigenvalue weighted by Gasteiger charge is 2.28. The molecule has 0 atom stereocenters. The Bertz CT molecular complexity index is 825. The standard InChI is InChI=1S/C20H22O4Si2/c1-25(2,3)19(13-23)17(11-21)15-7-9-16(10-8-15)18(12-22)20(14-24)26(4,5)6/h7-10H,1-6H3. The summed E-state index contributed by atoms with van der Waals surface area (Å²) in [4.78, 5) is 45.6. The lowest BCUT2D eigenvalue weighted by molar-refractivity contribution is 0.566. The molecule has 0 bridgehead atoms. The van der Waals surface area contributed by atoms with Gasteiger partial charge in [-0.05, 0) is 11.1 Å². The van der Waals surface area contributed by atoms with Crippen LogP contribution < -0.4 is 0 Å². The van der Waals surface area contributed by atoms with Crippen LogP contribution in [0.5, 0.6) is 0 Å². The van der Waals surface area contributed by atoms with E-state index in [1.807, 2.05) is 63.0 Å². The van der Waals surface area contributed by atoms with Gasteiger partial charge < -0.3 is 0 Å². The average molecular weight is 383 g/mol. The number of allylic oxidation sites excluding steroid dienone is 4. The Morgan fingerprint density at radius 3 is 1.00 bits per heavy atom. The second-order valence-corrected chi connectivity index (χ2v) is 18.0. The quantitative estimate of drug-likeness (QED) is 0.430. The summed E-state index contributed by atoms with van der Waals surface area (Å²) in [6.07, 6.45) is 0. The molecule has 0 aliphatic heterocycles. The van der Waals surface area contributed by atoms with Crippen LogP contribution in [0, 0.1) is 0 Å². The molecule has 1 aromatic carbocycles. The molecular formula is C20H22O4Si2. The fourth-order valence-electron chi connectivity index (χ4n) is 2.47. The molecule has 0 aliphatic rings. The van der Waals surface area contributed by atoms with Crippen molar-refractivity contribution in [3.8, 4) is 0 Å². The lowest BCUT2D eigenvalue weighted by Gasteiger charge is -2.19. The number of rotatable bonds is 6. The highest BCUT2D eigenvalue weighted by molar-refractivity contribution is 6.87. The van der Waals surface area contributed by atoms with Crippen molar-refractivity contribution in [2.75, 3.05) is 0 Å². The van der Waals surface area contributed by atoms with Crippen LogP contribution in [0.2, 0.25) is 39.3 Å². The summed E-state index contributed by atoms with van der Waals surface area (Å²) in [5, 5.41) is 0.726. The van der Waals surface area contributed by atoms with E-state index in [0.717, 1.165) is 0 Å². The minimum atomic E-state index is -2.07. The molecule has 26 heavy (non-hydrogen) atoms. The number of carbonyl (C=O) groups excluding carboxylic acids is 4. The van der Waals surface area contributed by atoms with Crippen molar-refractivity contribution in [2.24, 2.45) is 0 Å². The molecule has 6 heteroatoms. The lowest BCUT2D eigenvalue weighted by Crippen LogP contribution is -2.26. The van der Waals surface area contributed by atoms with Gasteiger partial charge in [0.2, 0.25) is 0 Å². The topological polar surface area (TPSA) is 68.3 Å². The summed E-state index contributed by atoms with van der Waals surface area (Å²) in [5.74, 6) is 7.51. The molecule has 1 rings (SSSR count). The molecule has 0 saturated heterocycles. The zero-order chi connectivity index (χ0) is 20.1. The molecular weight excluding hydrogens is 360 g/mol. The first-order valence-corrected chi connectivity index (χ1v) is 15.1. The summed E-state index contributed by atoms with van der Waals surface area (Å²) in [6, 6.07) is 6.54. The summed E-state index contributed by atoms with van der Waals surface area (Å²) in [5.41, 5.74) is 1.44. The molecule has 0 heterocycles. The first kappa shape index (κ1) is 21.5. The van der Waals surface area contributed by atoms with Crippen molar-refractivity contribution in [1.82, 2.24) is 0 Å². The first-order chi connectivity index (χ1) is 12.0. The van der Waals surface area contributed by atoms with E-state index in [1.54, 1.807) is 24.3 Å². The minimum absolute atomic E-state index is 0.193. The first-order valence-electron chi connectivity index (χ1n) is 8.14. The van der Waals surface area contributed by atoms with E-state index >= 15 is 0 Å². The fraction of sp³-hybridized carbons (Fsp3) is 0.300. The predicted molar refractivity (Wildman–Crippen MR) is 110 cm³/mol. The van der Waals surface area contributed by atoms with E-state index < -0.39 is 16.1 Å². The molecule has 0 aliphatic carbocycles. The van der Waals surface area contributed by atoms with Crippen molar-refractivity contribution in [2.45, 2.75) is 39.3 Å². The molecule has 0 amide bonds. The largest absolute Gasteiger partial charge is 0.234 e. The Morgan fingerprint density at radius 1 is 0.577 bits per heavy atom. The van der Waals surface area contributed by atoms with Crippen LogP contribution in [0.15, 0.2) is 34.7 Å². The van der Waals surface area contributed by atoms with Gasteiger partial charge in [-0.2, -0.15) is 0 Å². The normalized spacial score (nSPS) is 10.7. The smallest absolute Gasteiger partial charge is 0.133 e. The van der Waals surface area contributed by atoms with E-state index in [-0.39, 0.29) is 11.1 Å². The summed E-state index contributed by atoms with van der Waals surface area (Å²) >= 11 is 0. The Hall–Kier alpha value is -2.55. The number of benzene rings is 1. The van der Waals surface area contributed by atoms with Crippen molar-refractivity contribution in [3.63, 3.8) is 0 Å². The van der Waals surface area contributed by atoms with Crippen LogP contribution >= 0.6 is 0 Å². The molecule has 0 radical (unpaired) electrons. The second kappa shape index (κ2) is 8.22. The van der Waals surface area contributed by atoms with Crippen LogP contribution in [0.25, 0.3) is 11.1 Å². The zero-order valence-electron chi connectivity index (χ0n) is 15.9. The lowest BCUT2D eigenvalue weighted by atomic mass is 10.0. The summed E-state index contributed by atoms with van der Waals surface area (Å²) in [7, 11) is -4.14. The SMILES string of the molecule is C[Si](C)(C)C(=C=O)C(=C=O)c1ccc(C(=C=O)C(=C=O)[Si](C)(C)C)cc1. The van der Waals surface area contributed by atoms with Gasteiger partial charge in [0.05, 0.1) is 27.3 Å². The zero-order valence-corrected chi connectivity index (χ0v) is 17.9.